The van der Waals surface area contributed by atoms with Crippen molar-refractivity contribution in [3.05, 3.63) is 59.2 Å². The maximum absolute atomic E-state index is 13.5. The average Bonchev–Trinajstić information content (AvgIpc) is 3.42. The third-order valence-electron chi connectivity index (χ3n) is 8.44. The smallest absolute Gasteiger partial charge is 0.328 e. The van der Waals surface area contributed by atoms with Gasteiger partial charge in [0, 0.05) is 24.8 Å². The molecule has 40 heavy (non-hydrogen) atoms. The summed E-state index contributed by atoms with van der Waals surface area (Å²) in [6.07, 6.45) is 11.6. The number of hydrogen-bond donors (Lipinski definition) is 1. The summed E-state index contributed by atoms with van der Waals surface area (Å²) >= 11 is 1.64. The van der Waals surface area contributed by atoms with Crippen molar-refractivity contribution in [3.63, 3.8) is 0 Å². The highest BCUT2D eigenvalue weighted by Gasteiger charge is 2.27. The Morgan fingerprint density at radius 2 is 1.82 bits per heavy atom. The zero-order valence-electron chi connectivity index (χ0n) is 24.5. The van der Waals surface area contributed by atoms with Gasteiger partial charge in [-0.3, -0.25) is 9.69 Å². The molecule has 6 nitrogen and oxygen atoms in total. The quantitative estimate of drug-likeness (QED) is 0.289. The summed E-state index contributed by atoms with van der Waals surface area (Å²) < 4.78 is 11.2. The Kier molecular flexibility index (Phi) is 11.9. The van der Waals surface area contributed by atoms with E-state index in [9.17, 15) is 9.59 Å². The molecule has 4 rings (SSSR count). The molecule has 0 spiro atoms. The molecule has 1 heterocycles. The summed E-state index contributed by atoms with van der Waals surface area (Å²) in [7, 11) is 1.36. The minimum Gasteiger partial charge on any atom is -0.467 e. The molecule has 2 aromatic carbocycles. The molecule has 0 aromatic heterocycles. The number of aryl methyl sites for hydroxylation is 1. The summed E-state index contributed by atoms with van der Waals surface area (Å²) in [5.74, 6) is 0.822. The Morgan fingerprint density at radius 1 is 1.02 bits per heavy atom. The van der Waals surface area contributed by atoms with E-state index in [0.29, 0.717) is 18.0 Å². The van der Waals surface area contributed by atoms with E-state index in [2.05, 4.69) is 41.4 Å². The molecule has 1 saturated carbocycles. The predicted octanol–water partition coefficient (Wildman–Crippen LogP) is 6.25. The van der Waals surface area contributed by atoms with Crippen LogP contribution in [0.5, 0.6) is 0 Å². The van der Waals surface area contributed by atoms with Crippen molar-refractivity contribution in [2.24, 2.45) is 5.92 Å². The van der Waals surface area contributed by atoms with Gasteiger partial charge in [-0.2, -0.15) is 11.8 Å². The van der Waals surface area contributed by atoms with Gasteiger partial charge in [0.25, 0.3) is 5.91 Å². The van der Waals surface area contributed by atoms with Crippen LogP contribution in [-0.2, 0) is 20.8 Å². The van der Waals surface area contributed by atoms with Gasteiger partial charge in [0.05, 0.1) is 13.7 Å². The highest BCUT2D eigenvalue weighted by Crippen LogP contribution is 2.30. The first kappa shape index (κ1) is 30.6. The standard InChI is InChI=1S/C33H46N2O4S/c1-24-10-7-8-14-28(24)30-20-26(15-16-29(30)32(36)34-31(17-19-40-3)33(37)38-2)21-35-18-9-13-27(35)23-39-22-25-11-5-4-6-12-25/h7-8,10,14-16,20,25,27,31H,4-6,9,11-13,17-19,21-23H2,1-3H3,(H,34,36)/t27-,31+/m1/s1. The SMILES string of the molecule is COC(=O)[C@H](CCSC)NC(=O)c1ccc(CN2CCC[C@@H]2COCC2CCCCC2)cc1-c1ccccc1C. The van der Waals surface area contributed by atoms with Gasteiger partial charge in [-0.1, -0.05) is 49.6 Å². The predicted molar refractivity (Wildman–Crippen MR) is 164 cm³/mol. The zero-order chi connectivity index (χ0) is 28.3. The number of likely N-dealkylation sites (tertiary alicyclic amines) is 1. The second-order valence-electron chi connectivity index (χ2n) is 11.3. The fraction of sp³-hybridized carbons (Fsp3) is 0.576. The van der Waals surface area contributed by atoms with Crippen molar-refractivity contribution in [1.29, 1.82) is 0 Å². The van der Waals surface area contributed by atoms with Gasteiger partial charge in [-0.25, -0.2) is 4.79 Å². The lowest BCUT2D eigenvalue weighted by molar-refractivity contribution is -0.142. The van der Waals surface area contributed by atoms with Crippen LogP contribution >= 0.6 is 11.8 Å². The van der Waals surface area contributed by atoms with Crippen molar-refractivity contribution in [3.8, 4) is 11.1 Å². The van der Waals surface area contributed by atoms with Crippen LogP contribution in [0.1, 0.15) is 72.9 Å². The Hall–Kier alpha value is -2.35. The van der Waals surface area contributed by atoms with Crippen molar-refractivity contribution in [2.75, 3.05) is 38.9 Å². The number of ether oxygens (including phenoxy) is 2. The number of esters is 1. The molecule has 218 valence electrons. The number of rotatable bonds is 13. The molecule has 0 bridgehead atoms. The van der Waals surface area contributed by atoms with E-state index in [-0.39, 0.29) is 5.91 Å². The van der Waals surface area contributed by atoms with Gasteiger partial charge >= 0.3 is 5.97 Å². The molecule has 2 fully saturated rings. The summed E-state index contributed by atoms with van der Waals surface area (Å²) in [5.41, 5.74) is 4.79. The van der Waals surface area contributed by atoms with Gasteiger partial charge in [0.15, 0.2) is 0 Å². The monoisotopic (exact) mass is 566 g/mol. The number of benzene rings is 2. The summed E-state index contributed by atoms with van der Waals surface area (Å²) in [6, 6.07) is 14.1. The first-order valence-corrected chi connectivity index (χ1v) is 16.3. The van der Waals surface area contributed by atoms with E-state index in [1.54, 1.807) is 11.8 Å². The Morgan fingerprint density at radius 3 is 2.58 bits per heavy atom. The molecule has 1 amide bonds. The molecule has 0 radical (unpaired) electrons. The maximum Gasteiger partial charge on any atom is 0.328 e. The normalized spacial score (nSPS) is 18.9. The number of carbonyl (C=O) groups is 2. The fourth-order valence-corrected chi connectivity index (χ4v) is 6.57. The Balaban J connectivity index is 1.50. The van der Waals surface area contributed by atoms with Crippen molar-refractivity contribution >= 4 is 23.6 Å². The number of methoxy groups -OCH3 is 1. The Bertz CT molecular complexity index is 1120. The minimum atomic E-state index is -0.673. The van der Waals surface area contributed by atoms with E-state index in [0.717, 1.165) is 54.7 Å². The van der Waals surface area contributed by atoms with E-state index in [1.807, 2.05) is 24.5 Å². The number of carbonyl (C=O) groups excluding carboxylic acids is 2. The highest BCUT2D eigenvalue weighted by molar-refractivity contribution is 7.98. The number of thioether (sulfide) groups is 1. The Labute approximate surface area is 244 Å². The van der Waals surface area contributed by atoms with Crippen LogP contribution in [0.25, 0.3) is 11.1 Å². The van der Waals surface area contributed by atoms with Crippen LogP contribution in [0.15, 0.2) is 42.5 Å². The third kappa shape index (κ3) is 8.34. The van der Waals surface area contributed by atoms with Crippen molar-refractivity contribution in [1.82, 2.24) is 10.2 Å². The second-order valence-corrected chi connectivity index (χ2v) is 12.3. The third-order valence-corrected chi connectivity index (χ3v) is 9.08. The highest BCUT2D eigenvalue weighted by atomic mass is 32.2. The molecule has 1 aliphatic heterocycles. The van der Waals surface area contributed by atoms with E-state index >= 15 is 0 Å². The largest absolute Gasteiger partial charge is 0.467 e. The first-order chi connectivity index (χ1) is 19.5. The van der Waals surface area contributed by atoms with Crippen LogP contribution in [0.2, 0.25) is 0 Å². The molecule has 1 N–H and O–H groups in total. The molecule has 2 aliphatic rings. The maximum atomic E-state index is 13.5. The van der Waals surface area contributed by atoms with Gasteiger partial charge in [-0.05, 0) is 97.9 Å². The van der Waals surface area contributed by atoms with Crippen LogP contribution in [0, 0.1) is 12.8 Å². The lowest BCUT2D eigenvalue weighted by Crippen LogP contribution is -2.42. The topological polar surface area (TPSA) is 67.9 Å². The van der Waals surface area contributed by atoms with Gasteiger partial charge in [-0.15, -0.1) is 0 Å². The number of hydrogen-bond acceptors (Lipinski definition) is 6. The van der Waals surface area contributed by atoms with Gasteiger partial charge < -0.3 is 14.8 Å². The molecule has 7 heteroatoms. The number of amides is 1. The molecule has 2 aromatic rings. The molecule has 1 saturated heterocycles. The number of nitrogens with one attached hydrogen (secondary N) is 1. The van der Waals surface area contributed by atoms with Crippen molar-refractivity contribution < 1.29 is 19.1 Å². The lowest BCUT2D eigenvalue weighted by Gasteiger charge is -2.27. The molecule has 0 unspecified atom stereocenters. The number of nitrogens with zero attached hydrogens (tertiary/aromatic N) is 1. The summed E-state index contributed by atoms with van der Waals surface area (Å²) in [4.78, 5) is 28.5. The minimum absolute atomic E-state index is 0.253. The van der Waals surface area contributed by atoms with Gasteiger partial charge in [0.1, 0.15) is 6.04 Å². The van der Waals surface area contributed by atoms with Crippen LogP contribution in [0.4, 0.5) is 0 Å². The van der Waals surface area contributed by atoms with Crippen LogP contribution in [-0.4, -0.2) is 67.7 Å². The average molecular weight is 567 g/mol. The van der Waals surface area contributed by atoms with E-state index < -0.39 is 12.0 Å². The summed E-state index contributed by atoms with van der Waals surface area (Å²) in [6.45, 7) is 5.66. The summed E-state index contributed by atoms with van der Waals surface area (Å²) in [5, 5.41) is 2.94. The van der Waals surface area contributed by atoms with Gasteiger partial charge in [0.2, 0.25) is 0 Å². The van der Waals surface area contributed by atoms with E-state index in [1.165, 1.54) is 57.6 Å². The van der Waals surface area contributed by atoms with E-state index in [4.69, 9.17) is 9.47 Å². The second kappa shape index (κ2) is 15.6. The lowest BCUT2D eigenvalue weighted by atomic mass is 9.90. The van der Waals surface area contributed by atoms with Crippen LogP contribution < -0.4 is 5.32 Å². The van der Waals surface area contributed by atoms with Crippen LogP contribution in [0.3, 0.4) is 0 Å². The molecule has 2 atom stereocenters. The first-order valence-electron chi connectivity index (χ1n) is 14.9. The molecular weight excluding hydrogens is 520 g/mol. The fourth-order valence-electron chi connectivity index (χ4n) is 6.10. The molecule has 1 aliphatic carbocycles. The zero-order valence-corrected chi connectivity index (χ0v) is 25.3. The van der Waals surface area contributed by atoms with Crippen molar-refractivity contribution in [2.45, 2.75) is 76.9 Å². The molecular formula is C33H46N2O4S.